The van der Waals surface area contributed by atoms with E-state index < -0.39 is 5.91 Å². The first-order valence-corrected chi connectivity index (χ1v) is 8.35. The Bertz CT molecular complexity index is 1090. The first-order valence-electron chi connectivity index (χ1n) is 7.97. The number of halogens is 1. The van der Waals surface area contributed by atoms with Crippen LogP contribution in [0.5, 0.6) is 11.5 Å². The molecule has 0 spiro atoms. The van der Waals surface area contributed by atoms with Crippen LogP contribution in [-0.4, -0.2) is 34.0 Å². The van der Waals surface area contributed by atoms with Gasteiger partial charge in [-0.25, -0.2) is 10.5 Å². The van der Waals surface area contributed by atoms with E-state index in [0.717, 1.165) is 0 Å². The molecule has 8 nitrogen and oxygen atoms in total. The topological polar surface area (TPSA) is 117 Å². The lowest BCUT2D eigenvalue weighted by molar-refractivity contribution is 0.0951. The highest BCUT2D eigenvalue weighted by Gasteiger charge is 2.13. The SMILES string of the molecule is CCOc1cc(/C=N/NC(=O)c2n[nH]c(=O)c3ccccc23)cc(Cl)c1O. The summed E-state index contributed by atoms with van der Waals surface area (Å²) in [6.45, 7) is 2.13. The Balaban J connectivity index is 1.82. The van der Waals surface area contributed by atoms with Gasteiger partial charge in [-0.15, -0.1) is 0 Å². The summed E-state index contributed by atoms with van der Waals surface area (Å²) in [5.74, 6) is -0.539. The minimum absolute atomic E-state index is 0.0427. The zero-order chi connectivity index (χ0) is 19.4. The number of nitrogens with zero attached hydrogens (tertiary/aromatic N) is 2. The van der Waals surface area contributed by atoms with Gasteiger partial charge in [0.05, 0.1) is 23.2 Å². The van der Waals surface area contributed by atoms with Gasteiger partial charge in [0.1, 0.15) is 0 Å². The van der Waals surface area contributed by atoms with Crippen LogP contribution in [0.15, 0.2) is 46.3 Å². The Labute approximate surface area is 158 Å². The number of carbonyl (C=O) groups excluding carboxylic acids is 1. The van der Waals surface area contributed by atoms with Crippen molar-refractivity contribution in [1.82, 2.24) is 15.6 Å². The van der Waals surface area contributed by atoms with Gasteiger partial charge in [-0.2, -0.15) is 10.2 Å². The number of carbonyl (C=O) groups is 1. The van der Waals surface area contributed by atoms with Crippen molar-refractivity contribution in [3.8, 4) is 11.5 Å². The van der Waals surface area contributed by atoms with E-state index in [-0.39, 0.29) is 27.8 Å². The number of rotatable bonds is 5. The zero-order valence-electron chi connectivity index (χ0n) is 14.2. The largest absolute Gasteiger partial charge is 0.503 e. The molecule has 0 radical (unpaired) electrons. The second kappa shape index (κ2) is 7.88. The summed E-state index contributed by atoms with van der Waals surface area (Å²) in [4.78, 5) is 24.1. The fourth-order valence-corrected chi connectivity index (χ4v) is 2.66. The van der Waals surface area contributed by atoms with Crippen LogP contribution in [0.3, 0.4) is 0 Å². The Morgan fingerprint density at radius 3 is 2.85 bits per heavy atom. The number of aromatic hydroxyl groups is 1. The fourth-order valence-electron chi connectivity index (χ4n) is 2.44. The number of hydrogen-bond acceptors (Lipinski definition) is 6. The standard InChI is InChI=1S/C18H15ClN4O4/c1-2-27-14-8-10(7-13(19)16(14)24)9-20-22-18(26)15-11-5-3-4-6-12(11)17(25)23-21-15/h3-9,24H,2H2,1H3,(H,22,26)(H,23,25)/b20-9+. The highest BCUT2D eigenvalue weighted by Crippen LogP contribution is 2.34. The summed E-state index contributed by atoms with van der Waals surface area (Å²) in [6, 6.07) is 9.64. The molecule has 138 valence electrons. The summed E-state index contributed by atoms with van der Waals surface area (Å²) < 4.78 is 5.29. The maximum Gasteiger partial charge on any atom is 0.292 e. The molecular weight excluding hydrogens is 372 g/mol. The van der Waals surface area contributed by atoms with Crippen molar-refractivity contribution in [1.29, 1.82) is 0 Å². The third-order valence-electron chi connectivity index (χ3n) is 3.64. The quantitative estimate of drug-likeness (QED) is 0.460. The first-order chi connectivity index (χ1) is 13.0. The van der Waals surface area contributed by atoms with E-state index in [1.54, 1.807) is 31.2 Å². The molecule has 3 aromatic rings. The second-order valence-corrected chi connectivity index (χ2v) is 5.84. The van der Waals surface area contributed by atoms with E-state index in [0.29, 0.717) is 22.9 Å². The number of aromatic nitrogens is 2. The lowest BCUT2D eigenvalue weighted by Gasteiger charge is -2.08. The van der Waals surface area contributed by atoms with E-state index in [1.165, 1.54) is 18.3 Å². The number of phenolic OH excluding ortho intramolecular Hbond substituents is 1. The van der Waals surface area contributed by atoms with Gasteiger partial charge in [0, 0.05) is 5.39 Å². The predicted octanol–water partition coefficient (Wildman–Crippen LogP) is 2.44. The number of hydrogen-bond donors (Lipinski definition) is 3. The summed E-state index contributed by atoms with van der Waals surface area (Å²) in [5, 5.41) is 20.7. The van der Waals surface area contributed by atoms with Gasteiger partial charge in [-0.05, 0) is 30.7 Å². The van der Waals surface area contributed by atoms with Crippen molar-refractivity contribution in [2.45, 2.75) is 6.92 Å². The average Bonchev–Trinajstić information content (AvgIpc) is 2.66. The monoisotopic (exact) mass is 386 g/mol. The smallest absolute Gasteiger partial charge is 0.292 e. The molecule has 0 unspecified atom stereocenters. The van der Waals surface area contributed by atoms with Gasteiger partial charge in [-0.1, -0.05) is 29.8 Å². The van der Waals surface area contributed by atoms with Gasteiger partial charge in [0.2, 0.25) is 0 Å². The molecule has 0 fully saturated rings. The predicted molar refractivity (Wildman–Crippen MR) is 102 cm³/mol. The van der Waals surface area contributed by atoms with Crippen molar-refractivity contribution in [2.75, 3.05) is 6.61 Å². The molecule has 9 heteroatoms. The van der Waals surface area contributed by atoms with Crippen LogP contribution in [0, 0.1) is 0 Å². The Hall–Kier alpha value is -3.39. The zero-order valence-corrected chi connectivity index (χ0v) is 14.9. The fraction of sp³-hybridized carbons (Fsp3) is 0.111. The molecule has 2 aromatic carbocycles. The van der Waals surface area contributed by atoms with Gasteiger partial charge < -0.3 is 9.84 Å². The normalized spacial score (nSPS) is 11.0. The molecule has 1 heterocycles. The molecule has 0 saturated heterocycles. The van der Waals surface area contributed by atoms with Gasteiger partial charge in [0.25, 0.3) is 11.5 Å². The number of H-pyrrole nitrogens is 1. The summed E-state index contributed by atoms with van der Waals surface area (Å²) in [5.41, 5.74) is 2.52. The number of ether oxygens (including phenoxy) is 1. The van der Waals surface area contributed by atoms with E-state index >= 15 is 0 Å². The summed E-state index contributed by atoms with van der Waals surface area (Å²) in [6.07, 6.45) is 1.35. The Kier molecular flexibility index (Phi) is 5.37. The van der Waals surface area contributed by atoms with E-state index in [2.05, 4.69) is 20.7 Å². The highest BCUT2D eigenvalue weighted by molar-refractivity contribution is 6.32. The molecule has 0 bridgehead atoms. The molecule has 3 rings (SSSR count). The molecule has 0 aliphatic carbocycles. The van der Waals surface area contributed by atoms with Gasteiger partial charge in [0.15, 0.2) is 17.2 Å². The number of fused-ring (bicyclic) bond motifs is 1. The van der Waals surface area contributed by atoms with Crippen molar-refractivity contribution < 1.29 is 14.6 Å². The van der Waals surface area contributed by atoms with Crippen LogP contribution in [0.2, 0.25) is 5.02 Å². The third-order valence-corrected chi connectivity index (χ3v) is 3.93. The molecular formula is C18H15ClN4O4. The molecule has 1 amide bonds. The molecule has 0 aliphatic rings. The third kappa shape index (κ3) is 3.90. The number of amides is 1. The average molecular weight is 387 g/mol. The molecule has 1 aromatic heterocycles. The highest BCUT2D eigenvalue weighted by atomic mass is 35.5. The van der Waals surface area contributed by atoms with Crippen molar-refractivity contribution in [2.24, 2.45) is 5.10 Å². The van der Waals surface area contributed by atoms with Crippen LogP contribution >= 0.6 is 11.6 Å². The van der Waals surface area contributed by atoms with Crippen molar-refractivity contribution in [3.63, 3.8) is 0 Å². The molecule has 27 heavy (non-hydrogen) atoms. The lowest BCUT2D eigenvalue weighted by Crippen LogP contribution is -2.22. The number of nitrogens with one attached hydrogen (secondary N) is 2. The van der Waals surface area contributed by atoms with Crippen molar-refractivity contribution in [3.05, 3.63) is 63.0 Å². The Morgan fingerprint density at radius 2 is 2.11 bits per heavy atom. The number of hydrazone groups is 1. The second-order valence-electron chi connectivity index (χ2n) is 5.43. The van der Waals surface area contributed by atoms with Gasteiger partial charge in [-0.3, -0.25) is 9.59 Å². The van der Waals surface area contributed by atoms with Crippen LogP contribution in [0.4, 0.5) is 0 Å². The van der Waals surface area contributed by atoms with Crippen molar-refractivity contribution >= 4 is 34.5 Å². The number of phenols is 1. The molecule has 0 saturated carbocycles. The minimum atomic E-state index is -0.589. The van der Waals surface area contributed by atoms with E-state index in [1.807, 2.05) is 0 Å². The summed E-state index contributed by atoms with van der Waals surface area (Å²) >= 11 is 5.95. The van der Waals surface area contributed by atoms with Gasteiger partial charge >= 0.3 is 0 Å². The minimum Gasteiger partial charge on any atom is -0.503 e. The maximum atomic E-state index is 12.4. The maximum absolute atomic E-state index is 12.4. The van der Waals surface area contributed by atoms with Crippen LogP contribution in [0.1, 0.15) is 23.0 Å². The van der Waals surface area contributed by atoms with Crippen LogP contribution < -0.4 is 15.7 Å². The Morgan fingerprint density at radius 1 is 1.37 bits per heavy atom. The lowest BCUT2D eigenvalue weighted by atomic mass is 10.1. The molecule has 0 atom stereocenters. The van der Waals surface area contributed by atoms with E-state index in [9.17, 15) is 14.7 Å². The number of aromatic amines is 1. The molecule has 3 N–H and O–H groups in total. The van der Waals surface area contributed by atoms with E-state index in [4.69, 9.17) is 16.3 Å². The van der Waals surface area contributed by atoms with Crippen LogP contribution in [-0.2, 0) is 0 Å². The first kappa shape index (κ1) is 18.4. The van der Waals surface area contributed by atoms with Crippen LogP contribution in [0.25, 0.3) is 10.8 Å². The number of benzene rings is 2. The summed E-state index contributed by atoms with van der Waals surface area (Å²) in [7, 11) is 0. The molecule has 0 aliphatic heterocycles.